The molecule has 1 aliphatic rings. The smallest absolute Gasteiger partial charge is 0.254 e. The fourth-order valence-corrected chi connectivity index (χ4v) is 3.59. The van der Waals surface area contributed by atoms with E-state index in [9.17, 15) is 9.59 Å². The van der Waals surface area contributed by atoms with Crippen LogP contribution in [0.15, 0.2) is 59.4 Å². The van der Waals surface area contributed by atoms with Gasteiger partial charge in [0.25, 0.3) is 11.8 Å². The number of hydrogen-bond acceptors (Lipinski definition) is 5. The third kappa shape index (κ3) is 5.93. The van der Waals surface area contributed by atoms with Crippen molar-refractivity contribution in [3.63, 3.8) is 0 Å². The summed E-state index contributed by atoms with van der Waals surface area (Å²) in [6.45, 7) is 6.19. The molecule has 7 nitrogen and oxygen atoms in total. The maximum atomic E-state index is 12.7. The third-order valence-electron chi connectivity index (χ3n) is 5.29. The normalized spacial score (nSPS) is 16.2. The summed E-state index contributed by atoms with van der Waals surface area (Å²) in [7, 11) is 2.04. The van der Waals surface area contributed by atoms with Gasteiger partial charge in [-0.3, -0.25) is 14.6 Å². The van der Waals surface area contributed by atoms with Gasteiger partial charge in [-0.25, -0.2) is 4.99 Å². The minimum absolute atomic E-state index is 0.214. The zero-order valence-corrected chi connectivity index (χ0v) is 18.3. The summed E-state index contributed by atoms with van der Waals surface area (Å²) in [6, 6.07) is 10.0. The summed E-state index contributed by atoms with van der Waals surface area (Å²) in [5, 5.41) is 2.84. The lowest BCUT2D eigenvalue weighted by atomic mass is 9.95. The van der Waals surface area contributed by atoms with E-state index in [-0.39, 0.29) is 18.4 Å². The first-order chi connectivity index (χ1) is 14.9. The van der Waals surface area contributed by atoms with Gasteiger partial charge < -0.3 is 16.0 Å². The summed E-state index contributed by atoms with van der Waals surface area (Å²) in [5.74, 6) is -0.906. The molecule has 2 heterocycles. The number of hydrogen-bond donors (Lipinski definition) is 2. The second-order valence-corrected chi connectivity index (χ2v) is 7.93. The number of amides is 2. The van der Waals surface area contributed by atoms with Crippen LogP contribution in [0.1, 0.15) is 29.8 Å². The molecule has 0 fully saturated rings. The predicted octanol–water partition coefficient (Wildman–Crippen LogP) is 2.43. The number of nitrogens with two attached hydrogens (primary N) is 1. The molecule has 3 rings (SSSR count). The van der Waals surface area contributed by atoms with Crippen molar-refractivity contribution >= 4 is 17.5 Å². The molecule has 0 spiro atoms. The van der Waals surface area contributed by atoms with Crippen LogP contribution in [-0.2, 0) is 11.3 Å². The quantitative estimate of drug-likeness (QED) is 0.684. The summed E-state index contributed by atoms with van der Waals surface area (Å²) in [6.07, 6.45) is 5.14. The number of rotatable bonds is 8. The molecule has 0 saturated heterocycles. The number of allylic oxidation sites excluding steroid dienone is 1. The molecule has 1 unspecified atom stereocenters. The highest BCUT2D eigenvalue weighted by atomic mass is 16.2. The van der Waals surface area contributed by atoms with Crippen LogP contribution in [0.25, 0.3) is 11.1 Å². The molecular formula is C24H29N5O2. The SMILES string of the molecule is CC1=CC(C)=NC(=O)C1CNC(=O)c1cncc(-c2ccc(CN(C)CCN)cc2)c1. The Morgan fingerprint density at radius 1 is 1.16 bits per heavy atom. The summed E-state index contributed by atoms with van der Waals surface area (Å²) in [5.41, 5.74) is 10.7. The highest BCUT2D eigenvalue weighted by molar-refractivity contribution is 6.06. The minimum atomic E-state index is -0.422. The number of benzene rings is 1. The summed E-state index contributed by atoms with van der Waals surface area (Å²) < 4.78 is 0. The lowest BCUT2D eigenvalue weighted by molar-refractivity contribution is -0.120. The molecule has 1 aliphatic heterocycles. The van der Waals surface area contributed by atoms with Crippen LogP contribution in [0.2, 0.25) is 0 Å². The van der Waals surface area contributed by atoms with Gasteiger partial charge in [-0.1, -0.05) is 29.8 Å². The van der Waals surface area contributed by atoms with Crippen LogP contribution in [-0.4, -0.2) is 54.1 Å². The van der Waals surface area contributed by atoms with Crippen molar-refractivity contribution in [3.8, 4) is 11.1 Å². The number of dihydropyridines is 1. The Morgan fingerprint density at radius 2 is 1.90 bits per heavy atom. The van der Waals surface area contributed by atoms with Crippen LogP contribution in [0, 0.1) is 5.92 Å². The maximum Gasteiger partial charge on any atom is 0.254 e. The average Bonchev–Trinajstić information content (AvgIpc) is 2.73. The molecule has 31 heavy (non-hydrogen) atoms. The lowest BCUT2D eigenvalue weighted by Gasteiger charge is -2.18. The second kappa shape index (κ2) is 10.2. The number of aromatic nitrogens is 1. The number of aliphatic imine (C=N–C) groups is 1. The number of carbonyl (C=O) groups is 2. The highest BCUT2D eigenvalue weighted by Crippen LogP contribution is 2.21. The Bertz CT molecular complexity index is 1010. The molecule has 1 aromatic carbocycles. The van der Waals surface area contributed by atoms with E-state index >= 15 is 0 Å². The van der Waals surface area contributed by atoms with Gasteiger partial charge in [0.1, 0.15) is 0 Å². The molecule has 162 valence electrons. The number of pyridine rings is 1. The van der Waals surface area contributed by atoms with Gasteiger partial charge in [-0.2, -0.15) is 0 Å². The van der Waals surface area contributed by atoms with Gasteiger partial charge in [0.15, 0.2) is 0 Å². The van der Waals surface area contributed by atoms with E-state index in [1.165, 1.54) is 11.8 Å². The molecule has 0 saturated carbocycles. The Kier molecular flexibility index (Phi) is 7.44. The molecule has 0 radical (unpaired) electrons. The largest absolute Gasteiger partial charge is 0.351 e. The van der Waals surface area contributed by atoms with Crippen molar-refractivity contribution in [1.29, 1.82) is 0 Å². The van der Waals surface area contributed by atoms with Crippen LogP contribution < -0.4 is 11.1 Å². The van der Waals surface area contributed by atoms with E-state index in [1.807, 2.05) is 38.2 Å². The molecule has 0 bridgehead atoms. The van der Waals surface area contributed by atoms with E-state index in [0.29, 0.717) is 17.8 Å². The van der Waals surface area contributed by atoms with Crippen LogP contribution >= 0.6 is 0 Å². The number of likely N-dealkylation sites (N-methyl/N-ethyl adjacent to an activating group) is 1. The summed E-state index contributed by atoms with van der Waals surface area (Å²) in [4.78, 5) is 35.2. The first kappa shape index (κ1) is 22.5. The molecule has 7 heteroatoms. The van der Waals surface area contributed by atoms with Crippen molar-refractivity contribution < 1.29 is 9.59 Å². The van der Waals surface area contributed by atoms with E-state index in [0.717, 1.165) is 29.8 Å². The minimum Gasteiger partial charge on any atom is -0.351 e. The molecule has 1 atom stereocenters. The molecule has 2 aromatic rings. The number of nitrogens with zero attached hydrogens (tertiary/aromatic N) is 3. The number of carbonyl (C=O) groups excluding carboxylic acids is 2. The van der Waals surface area contributed by atoms with Crippen molar-refractivity contribution in [2.45, 2.75) is 20.4 Å². The third-order valence-corrected chi connectivity index (χ3v) is 5.29. The molecule has 1 aromatic heterocycles. The van der Waals surface area contributed by atoms with E-state index in [4.69, 9.17) is 5.73 Å². The topological polar surface area (TPSA) is 101 Å². The highest BCUT2D eigenvalue weighted by Gasteiger charge is 2.24. The van der Waals surface area contributed by atoms with E-state index < -0.39 is 5.92 Å². The number of nitrogens with one attached hydrogen (secondary N) is 1. The monoisotopic (exact) mass is 419 g/mol. The fraction of sp³-hybridized carbons (Fsp3) is 0.333. The molecule has 3 N–H and O–H groups in total. The second-order valence-electron chi connectivity index (χ2n) is 7.93. The van der Waals surface area contributed by atoms with Crippen molar-refractivity contribution in [3.05, 3.63) is 65.5 Å². The summed E-state index contributed by atoms with van der Waals surface area (Å²) >= 11 is 0. The van der Waals surface area contributed by atoms with Gasteiger partial charge in [-0.15, -0.1) is 0 Å². The van der Waals surface area contributed by atoms with Gasteiger partial charge in [0, 0.05) is 49.8 Å². The van der Waals surface area contributed by atoms with Crippen molar-refractivity contribution in [1.82, 2.24) is 15.2 Å². The first-order valence-corrected chi connectivity index (χ1v) is 10.4. The molecular weight excluding hydrogens is 390 g/mol. The fourth-order valence-electron chi connectivity index (χ4n) is 3.59. The lowest BCUT2D eigenvalue weighted by Crippen LogP contribution is -2.34. The predicted molar refractivity (Wildman–Crippen MR) is 123 cm³/mol. The van der Waals surface area contributed by atoms with Gasteiger partial charge in [0.05, 0.1) is 11.5 Å². The average molecular weight is 420 g/mol. The van der Waals surface area contributed by atoms with Gasteiger partial charge in [0.2, 0.25) is 0 Å². The maximum absolute atomic E-state index is 12.7. The molecule has 0 aliphatic carbocycles. The van der Waals surface area contributed by atoms with Crippen LogP contribution in [0.5, 0.6) is 0 Å². The van der Waals surface area contributed by atoms with E-state index in [1.54, 1.807) is 13.1 Å². The zero-order chi connectivity index (χ0) is 22.4. The Hall–Kier alpha value is -3.16. The standard InChI is InChI=1S/C24H29N5O2/c1-16-10-17(2)28-24(31)22(16)14-27-23(30)21-11-20(12-26-13-21)19-6-4-18(5-7-19)15-29(3)9-8-25/h4-7,10-13,22H,8-9,14-15,25H2,1-3H3,(H,27,30). The van der Waals surface area contributed by atoms with Crippen LogP contribution in [0.3, 0.4) is 0 Å². The van der Waals surface area contributed by atoms with Gasteiger partial charge >= 0.3 is 0 Å². The Balaban J connectivity index is 1.65. The Labute approximate surface area is 183 Å². The first-order valence-electron chi connectivity index (χ1n) is 10.4. The van der Waals surface area contributed by atoms with Crippen LogP contribution in [0.4, 0.5) is 0 Å². The van der Waals surface area contributed by atoms with Crippen molar-refractivity contribution in [2.24, 2.45) is 16.6 Å². The van der Waals surface area contributed by atoms with Gasteiger partial charge in [-0.05, 0) is 44.2 Å². The van der Waals surface area contributed by atoms with E-state index in [2.05, 4.69) is 32.3 Å². The zero-order valence-electron chi connectivity index (χ0n) is 18.3. The van der Waals surface area contributed by atoms with Crippen molar-refractivity contribution in [2.75, 3.05) is 26.7 Å². The molecule has 2 amide bonds. The Morgan fingerprint density at radius 3 is 2.58 bits per heavy atom.